The fourth-order valence-corrected chi connectivity index (χ4v) is 4.17. The third kappa shape index (κ3) is 3.42. The largest absolute Gasteiger partial charge is 0.423 e. The first-order valence-corrected chi connectivity index (χ1v) is 10.1. The van der Waals surface area contributed by atoms with E-state index in [9.17, 15) is 0 Å². The van der Waals surface area contributed by atoms with Gasteiger partial charge in [0, 0.05) is 37.5 Å². The highest BCUT2D eigenvalue weighted by Gasteiger charge is 2.34. The molecule has 5 rings (SSSR count). The van der Waals surface area contributed by atoms with E-state index in [1.165, 1.54) is 12.7 Å². The molecule has 1 fully saturated rings. The second-order valence-electron chi connectivity index (χ2n) is 7.45. The number of nitrogens with one attached hydrogen (secondary N) is 1. The molecule has 9 nitrogen and oxygen atoms in total. The third-order valence-electron chi connectivity index (χ3n) is 5.55. The lowest BCUT2D eigenvalue weighted by molar-refractivity contribution is 0.212. The predicted molar refractivity (Wildman–Crippen MR) is 119 cm³/mol. The Bertz CT molecular complexity index is 1150. The number of oxime groups is 1. The van der Waals surface area contributed by atoms with Crippen LogP contribution in [0.4, 0.5) is 11.5 Å². The molecular formula is C22H23N7O2. The molecule has 0 bridgehead atoms. The molecule has 0 radical (unpaired) electrons. The molecule has 1 atom stereocenters. The first-order chi connectivity index (χ1) is 15.2. The van der Waals surface area contributed by atoms with E-state index in [-0.39, 0.29) is 12.1 Å². The summed E-state index contributed by atoms with van der Waals surface area (Å²) in [6, 6.07) is 9.91. The summed E-state index contributed by atoms with van der Waals surface area (Å²) < 4.78 is 5.95. The number of nitrogens with zero attached hydrogens (tertiary/aromatic N) is 5. The van der Waals surface area contributed by atoms with Crippen molar-refractivity contribution in [3.05, 3.63) is 54.0 Å². The number of nitrogens with two attached hydrogens (primary N) is 1. The van der Waals surface area contributed by atoms with E-state index in [4.69, 9.17) is 25.3 Å². The van der Waals surface area contributed by atoms with Crippen LogP contribution in [0.5, 0.6) is 11.8 Å². The Morgan fingerprint density at radius 2 is 2.13 bits per heavy atom. The van der Waals surface area contributed by atoms with Crippen molar-refractivity contribution < 1.29 is 9.57 Å². The van der Waals surface area contributed by atoms with Crippen molar-refractivity contribution in [3.63, 3.8) is 0 Å². The number of aromatic nitrogens is 3. The van der Waals surface area contributed by atoms with Crippen LogP contribution < -0.4 is 20.7 Å². The van der Waals surface area contributed by atoms with Crippen LogP contribution in [0.1, 0.15) is 11.3 Å². The van der Waals surface area contributed by atoms with Gasteiger partial charge in [0.25, 0.3) is 0 Å². The second-order valence-corrected chi connectivity index (χ2v) is 7.45. The molecule has 158 valence electrons. The number of pyridine rings is 1. The highest BCUT2D eigenvalue weighted by molar-refractivity contribution is 5.98. The van der Waals surface area contributed by atoms with Gasteiger partial charge in [0.15, 0.2) is 0 Å². The van der Waals surface area contributed by atoms with Crippen molar-refractivity contribution in [2.75, 3.05) is 37.5 Å². The molecule has 9 heteroatoms. The summed E-state index contributed by atoms with van der Waals surface area (Å²) in [6.45, 7) is 1.12. The van der Waals surface area contributed by atoms with Crippen LogP contribution in [-0.4, -0.2) is 54.0 Å². The van der Waals surface area contributed by atoms with Crippen molar-refractivity contribution in [1.29, 1.82) is 0 Å². The minimum atomic E-state index is -0.224. The zero-order valence-corrected chi connectivity index (χ0v) is 17.4. The Hall–Kier alpha value is -3.72. The van der Waals surface area contributed by atoms with Gasteiger partial charge in [0.1, 0.15) is 18.7 Å². The van der Waals surface area contributed by atoms with Crippen molar-refractivity contribution in [3.8, 4) is 22.9 Å². The molecule has 1 aliphatic heterocycles. The number of fused-ring (bicyclic) bond motifs is 3. The van der Waals surface area contributed by atoms with E-state index < -0.39 is 0 Å². The summed E-state index contributed by atoms with van der Waals surface area (Å²) in [5, 5.41) is 7.37. The number of rotatable bonds is 5. The number of benzene rings is 1. The van der Waals surface area contributed by atoms with Crippen LogP contribution in [-0.2, 0) is 11.3 Å². The number of hydrogen-bond acceptors (Lipinski definition) is 9. The third-order valence-corrected chi connectivity index (χ3v) is 5.55. The lowest BCUT2D eigenvalue weighted by atomic mass is 10.1. The summed E-state index contributed by atoms with van der Waals surface area (Å²) >= 11 is 0. The summed E-state index contributed by atoms with van der Waals surface area (Å²) in [5.41, 5.74) is 12.4. The highest BCUT2D eigenvalue weighted by atomic mass is 16.6. The molecule has 0 amide bonds. The van der Waals surface area contributed by atoms with Gasteiger partial charge in [0.05, 0.1) is 30.2 Å². The van der Waals surface area contributed by atoms with Crippen molar-refractivity contribution in [2.45, 2.75) is 12.5 Å². The Morgan fingerprint density at radius 1 is 1.23 bits per heavy atom. The first kappa shape index (κ1) is 19.3. The zero-order valence-electron chi connectivity index (χ0n) is 17.4. The lowest BCUT2D eigenvalue weighted by Crippen LogP contribution is -2.30. The topological polar surface area (TPSA) is 111 Å². The standard InChI is InChI=1S/C22H23N7O2/c1-24-17-7-3-6-14-15(17)9-18-20(14)21(29-11-16(23)19(12-29)28-30-2)27-22(26-18)31-13-5-4-8-25-10-13/h3-8,10,16,24H,9,11-12,23H2,1-2H3/b28-19+. The van der Waals surface area contributed by atoms with E-state index in [0.29, 0.717) is 25.3 Å². The molecule has 1 aliphatic carbocycles. The Labute approximate surface area is 179 Å². The first-order valence-electron chi connectivity index (χ1n) is 10.1. The maximum Gasteiger partial charge on any atom is 0.324 e. The maximum atomic E-state index is 6.29. The molecule has 1 aromatic carbocycles. The number of hydrogen-bond donors (Lipinski definition) is 2. The lowest BCUT2D eigenvalue weighted by Gasteiger charge is -2.20. The maximum absolute atomic E-state index is 6.29. The second kappa shape index (κ2) is 7.84. The number of anilines is 2. The van der Waals surface area contributed by atoms with Gasteiger partial charge in [-0.3, -0.25) is 4.98 Å². The van der Waals surface area contributed by atoms with Gasteiger partial charge in [-0.15, -0.1) is 0 Å². The summed E-state index contributed by atoms with van der Waals surface area (Å²) in [5.74, 6) is 1.37. The van der Waals surface area contributed by atoms with E-state index >= 15 is 0 Å². The van der Waals surface area contributed by atoms with Crippen LogP contribution in [0.2, 0.25) is 0 Å². The minimum Gasteiger partial charge on any atom is -0.423 e. The number of ether oxygens (including phenoxy) is 1. The van der Waals surface area contributed by atoms with E-state index in [0.717, 1.165) is 34.0 Å². The summed E-state index contributed by atoms with van der Waals surface area (Å²) in [4.78, 5) is 20.7. The van der Waals surface area contributed by atoms with Crippen LogP contribution in [0, 0.1) is 0 Å². The van der Waals surface area contributed by atoms with Crippen LogP contribution in [0.3, 0.4) is 0 Å². The smallest absolute Gasteiger partial charge is 0.324 e. The average molecular weight is 417 g/mol. The molecule has 3 heterocycles. The molecule has 2 aliphatic rings. The Kier molecular flexibility index (Phi) is 4.87. The monoisotopic (exact) mass is 417 g/mol. The summed E-state index contributed by atoms with van der Waals surface area (Å²) in [7, 11) is 3.45. The molecule has 31 heavy (non-hydrogen) atoms. The van der Waals surface area contributed by atoms with Gasteiger partial charge in [0.2, 0.25) is 0 Å². The molecule has 0 saturated carbocycles. The normalized spacial score (nSPS) is 18.1. The predicted octanol–water partition coefficient (Wildman–Crippen LogP) is 2.43. The SMILES string of the molecule is CNc1cccc2c1Cc1nc(Oc3cccnc3)nc(N3C/C(=N\OC)C(N)C3)c1-2. The molecule has 0 spiro atoms. The highest BCUT2D eigenvalue weighted by Crippen LogP contribution is 2.45. The van der Waals surface area contributed by atoms with Crippen molar-refractivity contribution in [1.82, 2.24) is 15.0 Å². The van der Waals surface area contributed by atoms with E-state index in [2.05, 4.69) is 32.5 Å². The van der Waals surface area contributed by atoms with Gasteiger partial charge < -0.3 is 25.5 Å². The van der Waals surface area contributed by atoms with Crippen LogP contribution >= 0.6 is 0 Å². The average Bonchev–Trinajstić information content (AvgIpc) is 3.34. The Morgan fingerprint density at radius 3 is 2.90 bits per heavy atom. The van der Waals surface area contributed by atoms with Gasteiger partial charge in [-0.25, -0.2) is 0 Å². The van der Waals surface area contributed by atoms with Crippen molar-refractivity contribution in [2.24, 2.45) is 10.9 Å². The van der Waals surface area contributed by atoms with Gasteiger partial charge in [-0.1, -0.05) is 17.3 Å². The fraction of sp³-hybridized carbons (Fsp3) is 0.273. The molecule has 2 aromatic heterocycles. The Balaban J connectivity index is 1.62. The molecule has 3 aromatic rings. The molecule has 3 N–H and O–H groups in total. The van der Waals surface area contributed by atoms with Gasteiger partial charge >= 0.3 is 6.01 Å². The molecule has 1 unspecified atom stereocenters. The van der Waals surface area contributed by atoms with Crippen LogP contribution in [0.25, 0.3) is 11.1 Å². The minimum absolute atomic E-state index is 0.224. The quantitative estimate of drug-likeness (QED) is 0.476. The molecule has 1 saturated heterocycles. The van der Waals surface area contributed by atoms with Crippen molar-refractivity contribution >= 4 is 17.2 Å². The van der Waals surface area contributed by atoms with Crippen LogP contribution in [0.15, 0.2) is 47.9 Å². The van der Waals surface area contributed by atoms with E-state index in [1.807, 2.05) is 25.2 Å². The zero-order chi connectivity index (χ0) is 21.4. The van der Waals surface area contributed by atoms with E-state index in [1.54, 1.807) is 12.4 Å². The van der Waals surface area contributed by atoms with Gasteiger partial charge in [-0.05, 0) is 29.3 Å². The fourth-order valence-electron chi connectivity index (χ4n) is 4.17. The van der Waals surface area contributed by atoms with Gasteiger partial charge in [-0.2, -0.15) is 9.97 Å². The summed E-state index contributed by atoms with van der Waals surface area (Å²) in [6.07, 6.45) is 4.03. The molecular weight excluding hydrogens is 394 g/mol.